The number of rotatable bonds is 10. The molecular formula is C30H34F18O6. The summed E-state index contributed by atoms with van der Waals surface area (Å²) in [6.07, 6.45) is -49.0. The van der Waals surface area contributed by atoms with Crippen molar-refractivity contribution in [2.45, 2.75) is 107 Å². The Labute approximate surface area is 294 Å². The van der Waals surface area contributed by atoms with Crippen LogP contribution in [-0.2, 0) is 28.5 Å². The van der Waals surface area contributed by atoms with E-state index in [0.29, 0.717) is 14.2 Å². The standard InChI is InChI=1S/C30H34F18O6/c1-13-14-9-18(22(10-14,20(50)52-4)26(34,35)36)17(13)11-21(2,25(31,32)33)19(49)54-24(29(43,44)45,30(46,47)48)16-7-5-15(6-8-16)23(27(37,38)39,28(40,41)42)53-12-51-3/h13-18H,5-12H2,1-4H3. The molecule has 3 fully saturated rings. The van der Waals surface area contributed by atoms with Crippen LogP contribution in [0.5, 0.6) is 0 Å². The molecule has 54 heavy (non-hydrogen) atoms. The van der Waals surface area contributed by atoms with Crippen LogP contribution in [0.4, 0.5) is 79.0 Å². The molecule has 0 saturated heterocycles. The van der Waals surface area contributed by atoms with Crippen LogP contribution in [0.3, 0.4) is 0 Å². The van der Waals surface area contributed by atoms with Gasteiger partial charge >= 0.3 is 54.6 Å². The van der Waals surface area contributed by atoms with Crippen molar-refractivity contribution in [3.05, 3.63) is 0 Å². The summed E-state index contributed by atoms with van der Waals surface area (Å²) in [4.78, 5) is 25.8. The van der Waals surface area contributed by atoms with Gasteiger partial charge in [-0.05, 0) is 75.5 Å². The number of hydrogen-bond donors (Lipinski definition) is 0. The Kier molecular flexibility index (Phi) is 12.1. The molecular weight excluding hydrogens is 798 g/mol. The molecule has 0 heterocycles. The monoisotopic (exact) mass is 832 g/mol. The molecule has 3 aliphatic carbocycles. The van der Waals surface area contributed by atoms with Crippen molar-refractivity contribution in [3.63, 3.8) is 0 Å². The van der Waals surface area contributed by atoms with Gasteiger partial charge in [-0.25, -0.2) is 0 Å². The van der Waals surface area contributed by atoms with Crippen molar-refractivity contribution in [1.82, 2.24) is 0 Å². The second kappa shape index (κ2) is 14.2. The number of carbonyl (C=O) groups is 2. The van der Waals surface area contributed by atoms with E-state index in [2.05, 4.69) is 18.9 Å². The van der Waals surface area contributed by atoms with Gasteiger partial charge in [-0.3, -0.25) is 9.59 Å². The molecule has 6 unspecified atom stereocenters. The van der Waals surface area contributed by atoms with Crippen molar-refractivity contribution in [2.24, 2.45) is 46.3 Å². The fourth-order valence-electron chi connectivity index (χ4n) is 8.85. The van der Waals surface area contributed by atoms with Crippen LogP contribution in [0.15, 0.2) is 0 Å². The summed E-state index contributed by atoms with van der Waals surface area (Å²) in [6, 6.07) is 0. The lowest BCUT2D eigenvalue weighted by Gasteiger charge is -2.49. The molecule has 0 aliphatic heterocycles. The lowest BCUT2D eigenvalue weighted by molar-refractivity contribution is -0.415. The Bertz CT molecular complexity index is 1330. The number of hydrogen-bond acceptors (Lipinski definition) is 6. The van der Waals surface area contributed by atoms with Crippen molar-refractivity contribution in [3.8, 4) is 0 Å². The minimum Gasteiger partial charge on any atom is -0.468 e. The maximum absolute atomic E-state index is 14.7. The van der Waals surface area contributed by atoms with E-state index in [1.807, 2.05) is 0 Å². The second-order valence-corrected chi connectivity index (χ2v) is 14.3. The fraction of sp³-hybridized carbons (Fsp3) is 0.933. The highest BCUT2D eigenvalue weighted by Crippen LogP contribution is 2.69. The van der Waals surface area contributed by atoms with Crippen LogP contribution in [0, 0.1) is 46.3 Å². The van der Waals surface area contributed by atoms with Gasteiger partial charge in [0.1, 0.15) is 6.79 Å². The smallest absolute Gasteiger partial charge is 0.437 e. The maximum Gasteiger partial charge on any atom is 0.437 e. The fourth-order valence-corrected chi connectivity index (χ4v) is 8.85. The van der Waals surface area contributed by atoms with Crippen molar-refractivity contribution in [2.75, 3.05) is 21.0 Å². The quantitative estimate of drug-likeness (QED) is 0.124. The Morgan fingerprint density at radius 3 is 1.43 bits per heavy atom. The third kappa shape index (κ3) is 6.97. The van der Waals surface area contributed by atoms with E-state index >= 15 is 0 Å². The Hall–Kier alpha value is -2.40. The van der Waals surface area contributed by atoms with Crippen LogP contribution in [-0.4, -0.2) is 81.2 Å². The van der Waals surface area contributed by atoms with E-state index in [4.69, 9.17) is 0 Å². The summed E-state index contributed by atoms with van der Waals surface area (Å²) in [6.45, 7) is -0.807. The molecule has 3 aliphatic rings. The lowest BCUT2D eigenvalue weighted by atomic mass is 9.60. The highest BCUT2D eigenvalue weighted by atomic mass is 19.4. The summed E-state index contributed by atoms with van der Waals surface area (Å²) >= 11 is 0. The number of methoxy groups -OCH3 is 2. The SMILES string of the molecule is COCOC(C1CCC(C(OC(=O)C(C)(CC2C(C)C3CC2C(C(=O)OC)(C(F)(F)F)C3)C(F)(F)F)(C(F)(F)F)C(F)(F)F)CC1)(C(F)(F)F)C(F)(F)F. The third-order valence-electron chi connectivity index (χ3n) is 11.7. The summed E-state index contributed by atoms with van der Waals surface area (Å²) in [5, 5.41) is 0. The van der Waals surface area contributed by atoms with Gasteiger partial charge in [-0.2, -0.15) is 79.0 Å². The van der Waals surface area contributed by atoms with Crippen molar-refractivity contribution < 1.29 is 108 Å². The molecule has 6 nitrogen and oxygen atoms in total. The van der Waals surface area contributed by atoms with Crippen LogP contribution >= 0.6 is 0 Å². The number of fused-ring (bicyclic) bond motifs is 2. The third-order valence-corrected chi connectivity index (χ3v) is 11.7. The van der Waals surface area contributed by atoms with Crippen molar-refractivity contribution >= 4 is 11.9 Å². The second-order valence-electron chi connectivity index (χ2n) is 14.3. The molecule has 2 bridgehead atoms. The molecule has 0 amide bonds. The number of alkyl halides is 18. The average Bonchev–Trinajstić information content (AvgIpc) is 3.53. The molecule has 316 valence electrons. The van der Waals surface area contributed by atoms with E-state index in [1.54, 1.807) is 0 Å². The van der Waals surface area contributed by atoms with E-state index in [-0.39, 0.29) is 6.92 Å². The molecule has 3 saturated carbocycles. The minimum absolute atomic E-state index is 0.218. The van der Waals surface area contributed by atoms with E-state index in [9.17, 15) is 88.6 Å². The first kappa shape index (κ1) is 46.0. The van der Waals surface area contributed by atoms with Crippen LogP contribution in [0.25, 0.3) is 0 Å². The zero-order valence-corrected chi connectivity index (χ0v) is 28.4. The summed E-state index contributed by atoms with van der Waals surface area (Å²) in [7, 11) is 1.14. The zero-order chi connectivity index (χ0) is 42.1. The highest BCUT2D eigenvalue weighted by Gasteiger charge is 2.81. The van der Waals surface area contributed by atoms with Gasteiger partial charge in [0.25, 0.3) is 5.60 Å². The van der Waals surface area contributed by atoms with Gasteiger partial charge < -0.3 is 18.9 Å². The first-order valence-electron chi connectivity index (χ1n) is 15.9. The maximum atomic E-state index is 14.7. The van der Waals surface area contributed by atoms with Crippen molar-refractivity contribution in [1.29, 1.82) is 0 Å². The summed E-state index contributed by atoms with van der Waals surface area (Å²) in [5.74, 6) is -17.9. The Balaban J connectivity index is 2.11. The summed E-state index contributed by atoms with van der Waals surface area (Å²) < 4.78 is 276. The van der Waals surface area contributed by atoms with Crippen LogP contribution in [0.2, 0.25) is 0 Å². The Morgan fingerprint density at radius 2 is 1.09 bits per heavy atom. The minimum atomic E-state index is -6.92. The van der Waals surface area contributed by atoms with E-state index < -0.39 is 158 Å². The van der Waals surface area contributed by atoms with E-state index in [1.165, 1.54) is 0 Å². The molecule has 0 N–H and O–H groups in total. The largest absolute Gasteiger partial charge is 0.468 e. The van der Waals surface area contributed by atoms with E-state index in [0.717, 1.165) is 6.92 Å². The predicted molar refractivity (Wildman–Crippen MR) is 142 cm³/mol. The van der Waals surface area contributed by atoms with Gasteiger partial charge in [0.15, 0.2) is 10.8 Å². The average molecular weight is 833 g/mol. The van der Waals surface area contributed by atoms with Gasteiger partial charge in [0, 0.05) is 18.9 Å². The number of carbonyl (C=O) groups excluding carboxylic acids is 2. The molecule has 0 spiro atoms. The topological polar surface area (TPSA) is 71.1 Å². The number of ether oxygens (including phenoxy) is 4. The molecule has 3 rings (SSSR count). The van der Waals surface area contributed by atoms with Crippen LogP contribution < -0.4 is 0 Å². The Morgan fingerprint density at radius 1 is 0.667 bits per heavy atom. The molecule has 24 heteroatoms. The first-order valence-corrected chi connectivity index (χ1v) is 15.9. The molecule has 0 aromatic rings. The lowest BCUT2D eigenvalue weighted by Crippen LogP contribution is -2.68. The van der Waals surface area contributed by atoms with Gasteiger partial charge in [0.05, 0.1) is 7.11 Å². The first-order chi connectivity index (χ1) is 24.1. The normalized spacial score (nSPS) is 30.3. The molecule has 0 radical (unpaired) electrons. The molecule has 0 aromatic heterocycles. The molecule has 0 aromatic carbocycles. The van der Waals surface area contributed by atoms with Gasteiger partial charge in [0.2, 0.25) is 0 Å². The molecule has 6 atom stereocenters. The number of esters is 2. The summed E-state index contributed by atoms with van der Waals surface area (Å²) in [5.41, 5.74) is -19.1. The van der Waals surface area contributed by atoms with Crippen LogP contribution in [0.1, 0.15) is 58.8 Å². The predicted octanol–water partition coefficient (Wildman–Crippen LogP) is 9.66. The van der Waals surface area contributed by atoms with Gasteiger partial charge in [-0.1, -0.05) is 6.92 Å². The number of halogens is 18. The highest BCUT2D eigenvalue weighted by molar-refractivity contribution is 5.80. The van der Waals surface area contributed by atoms with Gasteiger partial charge in [-0.15, -0.1) is 0 Å². The zero-order valence-electron chi connectivity index (χ0n) is 28.4.